The van der Waals surface area contributed by atoms with Gasteiger partial charge >= 0.3 is 0 Å². The van der Waals surface area contributed by atoms with E-state index in [0.717, 1.165) is 12.8 Å². The summed E-state index contributed by atoms with van der Waals surface area (Å²) in [7, 11) is 0. The Hall–Kier alpha value is -1.83. The average Bonchev–Trinajstić information content (AvgIpc) is 2.60. The zero-order valence-electron chi connectivity index (χ0n) is 15.7. The third-order valence-electron chi connectivity index (χ3n) is 3.68. The molecule has 3 atom stereocenters. The molecule has 0 aliphatic heterocycles. The minimum atomic E-state index is -0.635. The topological polar surface area (TPSA) is 69.6 Å². The molecule has 3 N–H and O–H groups in total. The maximum Gasteiger partial charge on any atom is 0.220 e. The highest BCUT2D eigenvalue weighted by atomic mass is 16.3. The first-order valence-electron chi connectivity index (χ1n) is 9.05. The van der Waals surface area contributed by atoms with E-state index >= 15 is 0 Å². The standard InChI is InChI=1S/C21H33NO3/c1-4-6-12-18(3)20(24)14-11-9-8-10-13-19(23)15-16-21(25)22-17-7-5-2/h8-11,13-14,18-20,23-24H,5,7,12,15-17H2,1-3H3,(H,22,25)/b9-8-,13-10+,14-11+. The van der Waals surface area contributed by atoms with Gasteiger partial charge in [-0.05, 0) is 25.7 Å². The number of hydrogen-bond acceptors (Lipinski definition) is 3. The largest absolute Gasteiger partial charge is 0.389 e. The van der Waals surface area contributed by atoms with Crippen LogP contribution in [0.15, 0.2) is 36.5 Å². The molecule has 0 saturated carbocycles. The molecule has 0 radical (unpaired) electrons. The Balaban J connectivity index is 4.00. The number of allylic oxidation sites excluding steroid dienone is 4. The second-order valence-electron chi connectivity index (χ2n) is 6.06. The SMILES string of the molecule is CC#CCC(C)C(O)/C=C/C=C\C=C\C(O)CCC(=O)NCCCC. The molecule has 4 nitrogen and oxygen atoms in total. The quantitative estimate of drug-likeness (QED) is 0.289. The molecule has 0 saturated heterocycles. The van der Waals surface area contributed by atoms with Crippen molar-refractivity contribution < 1.29 is 15.0 Å². The Labute approximate surface area is 152 Å². The maximum absolute atomic E-state index is 11.5. The lowest BCUT2D eigenvalue weighted by Gasteiger charge is -2.11. The summed E-state index contributed by atoms with van der Waals surface area (Å²) < 4.78 is 0. The number of carbonyl (C=O) groups excluding carboxylic acids is 1. The van der Waals surface area contributed by atoms with Gasteiger partial charge in [0.15, 0.2) is 0 Å². The molecular weight excluding hydrogens is 314 g/mol. The number of aliphatic hydroxyl groups is 2. The van der Waals surface area contributed by atoms with E-state index in [1.54, 1.807) is 43.4 Å². The van der Waals surface area contributed by atoms with Crippen molar-refractivity contribution in [3.05, 3.63) is 36.5 Å². The highest BCUT2D eigenvalue weighted by molar-refractivity contribution is 5.75. The van der Waals surface area contributed by atoms with E-state index in [9.17, 15) is 15.0 Å². The van der Waals surface area contributed by atoms with Crippen LogP contribution in [0.2, 0.25) is 0 Å². The fourth-order valence-corrected chi connectivity index (χ4v) is 1.94. The Morgan fingerprint density at radius 2 is 1.84 bits per heavy atom. The molecule has 25 heavy (non-hydrogen) atoms. The number of carbonyl (C=O) groups is 1. The van der Waals surface area contributed by atoms with Gasteiger partial charge < -0.3 is 15.5 Å². The number of aliphatic hydroxyl groups excluding tert-OH is 2. The molecule has 0 fully saturated rings. The molecule has 1 amide bonds. The van der Waals surface area contributed by atoms with Crippen molar-refractivity contribution in [2.24, 2.45) is 5.92 Å². The fourth-order valence-electron chi connectivity index (χ4n) is 1.94. The molecular formula is C21H33NO3. The summed E-state index contributed by atoms with van der Waals surface area (Å²) in [5.41, 5.74) is 0. The second-order valence-corrected chi connectivity index (χ2v) is 6.06. The van der Waals surface area contributed by atoms with Gasteiger partial charge in [0.25, 0.3) is 0 Å². The molecule has 0 aliphatic rings. The molecule has 0 aliphatic carbocycles. The van der Waals surface area contributed by atoms with Crippen molar-refractivity contribution in [2.45, 2.75) is 65.1 Å². The first-order valence-corrected chi connectivity index (χ1v) is 9.05. The number of rotatable bonds is 12. The second kappa shape index (κ2) is 15.7. The average molecular weight is 347 g/mol. The van der Waals surface area contributed by atoms with Gasteiger partial charge in [0.05, 0.1) is 12.2 Å². The molecule has 0 aromatic carbocycles. The zero-order chi connectivity index (χ0) is 18.9. The molecule has 0 heterocycles. The highest BCUT2D eigenvalue weighted by Gasteiger charge is 2.08. The summed E-state index contributed by atoms with van der Waals surface area (Å²) in [6.07, 6.45) is 12.7. The Bertz CT molecular complexity index is 497. The lowest BCUT2D eigenvalue weighted by Crippen LogP contribution is -2.25. The van der Waals surface area contributed by atoms with Crippen LogP contribution in [-0.4, -0.2) is 34.9 Å². The van der Waals surface area contributed by atoms with Crippen LogP contribution in [0.3, 0.4) is 0 Å². The van der Waals surface area contributed by atoms with E-state index < -0.39 is 12.2 Å². The van der Waals surface area contributed by atoms with Gasteiger partial charge in [0, 0.05) is 19.4 Å². The smallest absolute Gasteiger partial charge is 0.220 e. The van der Waals surface area contributed by atoms with E-state index in [2.05, 4.69) is 24.1 Å². The van der Waals surface area contributed by atoms with Crippen molar-refractivity contribution in [2.75, 3.05) is 6.54 Å². The number of hydrogen-bond donors (Lipinski definition) is 3. The number of amides is 1. The van der Waals surface area contributed by atoms with Crippen LogP contribution in [0, 0.1) is 17.8 Å². The number of unbranched alkanes of at least 4 members (excludes halogenated alkanes) is 1. The maximum atomic E-state index is 11.5. The van der Waals surface area contributed by atoms with Gasteiger partial charge in [0.2, 0.25) is 5.91 Å². The monoisotopic (exact) mass is 347 g/mol. The Kier molecular flexibility index (Phi) is 14.5. The summed E-state index contributed by atoms with van der Waals surface area (Å²) in [4.78, 5) is 11.5. The van der Waals surface area contributed by atoms with Crippen LogP contribution in [0.4, 0.5) is 0 Å². The molecule has 0 spiro atoms. The van der Waals surface area contributed by atoms with E-state index in [-0.39, 0.29) is 11.8 Å². The van der Waals surface area contributed by atoms with Crippen molar-refractivity contribution in [1.82, 2.24) is 5.32 Å². The van der Waals surface area contributed by atoms with E-state index in [1.807, 2.05) is 6.92 Å². The van der Waals surface area contributed by atoms with Gasteiger partial charge in [-0.25, -0.2) is 0 Å². The first-order chi connectivity index (χ1) is 12.0. The lowest BCUT2D eigenvalue weighted by molar-refractivity contribution is -0.121. The van der Waals surface area contributed by atoms with Gasteiger partial charge in [-0.1, -0.05) is 56.7 Å². The number of nitrogens with one attached hydrogen (secondary N) is 1. The Morgan fingerprint density at radius 1 is 1.16 bits per heavy atom. The van der Waals surface area contributed by atoms with Crippen molar-refractivity contribution >= 4 is 5.91 Å². The summed E-state index contributed by atoms with van der Waals surface area (Å²) in [6, 6.07) is 0. The van der Waals surface area contributed by atoms with Gasteiger partial charge in [0.1, 0.15) is 0 Å². The normalized spacial score (nSPS) is 15.2. The zero-order valence-corrected chi connectivity index (χ0v) is 15.7. The molecule has 140 valence electrons. The summed E-state index contributed by atoms with van der Waals surface area (Å²) >= 11 is 0. The van der Waals surface area contributed by atoms with Gasteiger partial charge in [-0.3, -0.25) is 4.79 Å². The Morgan fingerprint density at radius 3 is 2.48 bits per heavy atom. The molecule has 0 rings (SSSR count). The fraction of sp³-hybridized carbons (Fsp3) is 0.571. The van der Waals surface area contributed by atoms with Crippen LogP contribution in [-0.2, 0) is 4.79 Å². The molecule has 0 aromatic heterocycles. The molecule has 0 bridgehead atoms. The van der Waals surface area contributed by atoms with Crippen LogP contribution >= 0.6 is 0 Å². The van der Waals surface area contributed by atoms with E-state index in [4.69, 9.17) is 0 Å². The van der Waals surface area contributed by atoms with Crippen LogP contribution in [0.1, 0.15) is 52.9 Å². The third kappa shape index (κ3) is 14.2. The minimum absolute atomic E-state index is 0.0183. The summed E-state index contributed by atoms with van der Waals surface area (Å²) in [6.45, 7) is 6.52. The molecule has 0 aromatic rings. The summed E-state index contributed by atoms with van der Waals surface area (Å²) in [5.74, 6) is 5.85. The van der Waals surface area contributed by atoms with E-state index in [0.29, 0.717) is 25.8 Å². The van der Waals surface area contributed by atoms with Crippen molar-refractivity contribution in [1.29, 1.82) is 0 Å². The first kappa shape index (κ1) is 23.2. The van der Waals surface area contributed by atoms with Crippen LogP contribution in [0.5, 0.6) is 0 Å². The van der Waals surface area contributed by atoms with Crippen LogP contribution < -0.4 is 5.32 Å². The van der Waals surface area contributed by atoms with Crippen molar-refractivity contribution in [3.8, 4) is 11.8 Å². The van der Waals surface area contributed by atoms with Gasteiger partial charge in [-0.2, -0.15) is 0 Å². The highest BCUT2D eigenvalue weighted by Crippen LogP contribution is 2.08. The summed E-state index contributed by atoms with van der Waals surface area (Å²) in [5, 5.41) is 22.5. The van der Waals surface area contributed by atoms with E-state index in [1.165, 1.54) is 0 Å². The van der Waals surface area contributed by atoms with Crippen LogP contribution in [0.25, 0.3) is 0 Å². The third-order valence-corrected chi connectivity index (χ3v) is 3.68. The predicted octanol–water partition coefficient (Wildman–Crippen LogP) is 3.12. The van der Waals surface area contributed by atoms with Crippen molar-refractivity contribution in [3.63, 3.8) is 0 Å². The van der Waals surface area contributed by atoms with Gasteiger partial charge in [-0.15, -0.1) is 11.8 Å². The minimum Gasteiger partial charge on any atom is -0.389 e. The molecule has 3 unspecified atom stereocenters. The lowest BCUT2D eigenvalue weighted by atomic mass is 10.0. The molecule has 4 heteroatoms. The predicted molar refractivity (Wildman–Crippen MR) is 104 cm³/mol.